The zero-order chi connectivity index (χ0) is 7.98. The van der Waals surface area contributed by atoms with Gasteiger partial charge < -0.3 is 0 Å². The Bertz CT molecular complexity index is 155. The van der Waals surface area contributed by atoms with Crippen LogP contribution in [0, 0.1) is 12.7 Å². The number of aryl methyl sites for hydroxylation is 1. The lowest BCUT2D eigenvalue weighted by Gasteiger charge is -1.86. The van der Waals surface area contributed by atoms with Gasteiger partial charge in [0.15, 0.2) is 0 Å². The summed E-state index contributed by atoms with van der Waals surface area (Å²) in [6, 6.07) is 3.03. The van der Waals surface area contributed by atoms with E-state index >= 15 is 0 Å². The van der Waals surface area contributed by atoms with Crippen molar-refractivity contribution in [2.24, 2.45) is 0 Å². The molecule has 0 aliphatic carbocycles. The third-order valence-corrected chi connectivity index (χ3v) is 0.875. The van der Waals surface area contributed by atoms with Gasteiger partial charge in [-0.25, -0.2) is 4.39 Å². The van der Waals surface area contributed by atoms with Crippen molar-refractivity contribution in [1.82, 2.24) is 4.98 Å². The van der Waals surface area contributed by atoms with Gasteiger partial charge in [-0.2, -0.15) is 0 Å². The molecule has 0 saturated heterocycles. The van der Waals surface area contributed by atoms with Crippen LogP contribution in [0.1, 0.15) is 8.66 Å². The molecule has 1 aromatic rings. The Balaban J connectivity index is 0.000000371. The second-order valence-corrected chi connectivity index (χ2v) is 1.62. The summed E-state index contributed by atoms with van der Waals surface area (Å²) in [4.78, 5) is 3.70. The molecule has 0 amide bonds. The zero-order valence-electron chi connectivity index (χ0n) is 6.56. The molecule has 0 atom stereocenters. The third kappa shape index (κ3) is 1.03. The monoisotopic (exact) mass is 115 g/mol. The van der Waals surface area contributed by atoms with Gasteiger partial charge in [-0.05, 0) is 19.1 Å². The molecule has 0 aliphatic rings. The molecule has 0 bridgehead atoms. The Kier molecular flexibility index (Phi) is 0.954. The van der Waals surface area contributed by atoms with E-state index in [2.05, 4.69) is 4.98 Å². The van der Waals surface area contributed by atoms with Crippen molar-refractivity contribution in [3.8, 4) is 0 Å². The lowest BCUT2D eigenvalue weighted by atomic mass is 10.4. The molecule has 0 unspecified atom stereocenters. The van der Waals surface area contributed by atoms with Gasteiger partial charge in [0.25, 0.3) is 0 Å². The van der Waals surface area contributed by atoms with Crippen LogP contribution in [-0.2, 0) is 0 Å². The predicted molar refractivity (Wildman–Crippen MR) is 31.0 cm³/mol. The summed E-state index contributed by atoms with van der Waals surface area (Å²) in [7, 11) is 0. The Morgan fingerprint density at radius 1 is 1.75 bits per heavy atom. The molecule has 0 radical (unpaired) electrons. The van der Waals surface area contributed by atoms with Crippen LogP contribution >= 0.6 is 0 Å². The fourth-order valence-electron chi connectivity index (χ4n) is 0.450. The average molecular weight is 115 g/mol. The van der Waals surface area contributed by atoms with E-state index in [4.69, 9.17) is 2.97 Å². The number of pyridine rings is 1. The number of halogens is 1. The summed E-state index contributed by atoms with van der Waals surface area (Å²) in [5, 5.41) is 0. The lowest BCUT2D eigenvalue weighted by Crippen LogP contribution is -1.79. The van der Waals surface area contributed by atoms with Gasteiger partial charge in [-0.3, -0.25) is 4.98 Å². The van der Waals surface area contributed by atoms with E-state index in [1.165, 1.54) is 12.3 Å². The summed E-state index contributed by atoms with van der Waals surface area (Å²) in [5.74, 6) is -0.282. The van der Waals surface area contributed by atoms with Crippen LogP contribution in [0.15, 0.2) is 18.3 Å². The second-order valence-electron chi connectivity index (χ2n) is 1.62. The van der Waals surface area contributed by atoms with Crippen LogP contribution in [0.3, 0.4) is 0 Å². The molecule has 0 aromatic carbocycles. The zero-order valence-corrected chi connectivity index (χ0v) is 4.56. The third-order valence-electron chi connectivity index (χ3n) is 0.875. The molecule has 0 aliphatic heterocycles. The van der Waals surface area contributed by atoms with E-state index in [0.717, 1.165) is 5.69 Å². The molecule has 1 rings (SSSR count). The molecule has 0 spiro atoms. The maximum Gasteiger partial charge on any atom is 0.141 e. The highest BCUT2D eigenvalue weighted by Gasteiger charge is 1.84. The van der Waals surface area contributed by atoms with Crippen molar-refractivity contribution >= 4 is 0 Å². The van der Waals surface area contributed by atoms with Crippen LogP contribution in [0.4, 0.5) is 4.39 Å². The lowest BCUT2D eigenvalue weighted by molar-refractivity contribution is 0.620. The first-order chi connectivity index (χ1) is 4.79. The number of rotatable bonds is 0. The number of hydrogen-bond donors (Lipinski definition) is 0. The predicted octanol–water partition coefficient (Wildman–Crippen LogP) is 1.78. The fourth-order valence-corrected chi connectivity index (χ4v) is 0.450. The number of nitrogens with zero attached hydrogens (tertiary/aromatic N) is 1. The fraction of sp³-hybridized carbons (Fsp3) is 0.167. The summed E-state index contributed by atoms with van der Waals surface area (Å²) in [5.41, 5.74) is 0.839. The topological polar surface area (TPSA) is 12.9 Å². The standard InChI is InChI=1S/C6H6FN.H2/c1-5-2-3-6(7)4-8-5;/h2-4H,1H3;1H/i;1+1D. The van der Waals surface area contributed by atoms with Gasteiger partial charge in [0.2, 0.25) is 0 Å². The molecule has 0 saturated carbocycles. The highest BCUT2D eigenvalue weighted by atomic mass is 19.1. The molecule has 1 aromatic heterocycles. The van der Waals surface area contributed by atoms with E-state index in [1.807, 2.05) is 6.92 Å². The van der Waals surface area contributed by atoms with Crippen LogP contribution in [0.25, 0.3) is 0 Å². The van der Waals surface area contributed by atoms with E-state index in [1.54, 1.807) is 6.07 Å². The molecule has 1 nitrogen and oxygen atoms in total. The molecule has 0 N–H and O–H groups in total. The van der Waals surface area contributed by atoms with Gasteiger partial charge in [-0.1, -0.05) is 0 Å². The van der Waals surface area contributed by atoms with Crippen molar-refractivity contribution in [1.29, 1.82) is 0 Å². The summed E-state index contributed by atoms with van der Waals surface area (Å²) in [6.45, 7) is 1.82. The normalized spacial score (nSPS) is 10.2. The highest BCUT2D eigenvalue weighted by Crippen LogP contribution is 1.94. The molecule has 8 heavy (non-hydrogen) atoms. The van der Waals surface area contributed by atoms with E-state index in [-0.39, 0.29) is 5.82 Å². The Morgan fingerprint density at radius 3 is 2.88 bits per heavy atom. The average Bonchev–Trinajstić information content (AvgIpc) is 2.00. The van der Waals surface area contributed by atoms with Gasteiger partial charge in [0.1, 0.15) is 5.82 Å². The highest BCUT2D eigenvalue weighted by molar-refractivity contribution is 5.02. The minimum Gasteiger partial charge on any atom is -0.259 e. The Labute approximate surface area is 50.3 Å². The van der Waals surface area contributed by atoms with Crippen molar-refractivity contribution in [2.45, 2.75) is 6.92 Å². The minimum atomic E-state index is -0.282. The first-order valence-electron chi connectivity index (χ1n) is 3.37. The molecular formula is C6H8FN. The van der Waals surface area contributed by atoms with Gasteiger partial charge in [0.05, 0.1) is 6.20 Å². The maximum absolute atomic E-state index is 12.0. The van der Waals surface area contributed by atoms with Crippen molar-refractivity contribution < 1.29 is 7.36 Å². The van der Waals surface area contributed by atoms with Crippen LogP contribution < -0.4 is 0 Å². The van der Waals surface area contributed by atoms with Crippen molar-refractivity contribution in [3.63, 3.8) is 0 Å². The van der Waals surface area contributed by atoms with Crippen LogP contribution in [0.5, 0.6) is 0 Å². The van der Waals surface area contributed by atoms with Gasteiger partial charge in [-0.15, -0.1) is 0 Å². The Hall–Kier alpha value is -0.920. The summed E-state index contributed by atoms with van der Waals surface area (Å²) in [6.07, 6.45) is 1.20. The summed E-state index contributed by atoms with van der Waals surface area (Å²) >= 11 is 0. The number of aromatic nitrogens is 1. The van der Waals surface area contributed by atoms with Gasteiger partial charge >= 0.3 is 0 Å². The van der Waals surface area contributed by atoms with E-state index in [9.17, 15) is 4.39 Å². The van der Waals surface area contributed by atoms with Crippen molar-refractivity contribution in [3.05, 3.63) is 29.8 Å². The largest absolute Gasteiger partial charge is 0.259 e. The van der Waals surface area contributed by atoms with E-state index in [0.29, 0.717) is 0 Å². The Morgan fingerprint density at radius 2 is 2.50 bits per heavy atom. The molecule has 2 heteroatoms. The number of hydrogen-bond acceptors (Lipinski definition) is 1. The van der Waals surface area contributed by atoms with Crippen LogP contribution in [0.2, 0.25) is 0 Å². The quantitative estimate of drug-likeness (QED) is 0.502. The molecule has 44 valence electrons. The summed E-state index contributed by atoms with van der Waals surface area (Å²) < 4.78 is 22.0. The SMILES string of the molecule is Cc1ccc(F)cn1.[2H][2H]. The molecular weight excluding hydrogens is 105 g/mol. The molecule has 1 heterocycles. The minimum absolute atomic E-state index is 0.282. The van der Waals surface area contributed by atoms with E-state index < -0.39 is 0 Å². The second kappa shape index (κ2) is 1.90. The van der Waals surface area contributed by atoms with Crippen molar-refractivity contribution in [2.75, 3.05) is 0 Å². The first-order valence-corrected chi connectivity index (χ1v) is 2.37. The van der Waals surface area contributed by atoms with Gasteiger partial charge in [0, 0.05) is 8.66 Å². The smallest absolute Gasteiger partial charge is 0.141 e. The molecule has 0 fully saturated rings. The van der Waals surface area contributed by atoms with Crippen LogP contribution in [-0.4, -0.2) is 4.98 Å². The maximum atomic E-state index is 12.0. The first kappa shape index (κ1) is 4.01.